The molecule has 0 aromatic heterocycles. The van der Waals surface area contributed by atoms with Crippen molar-refractivity contribution in [3.05, 3.63) is 0 Å². The SMILES string of the molecule is O=C(O)CC(O)C1CC2CCC1CC2. The number of carboxylic acids is 1. The fourth-order valence-corrected chi connectivity index (χ4v) is 3.23. The Morgan fingerprint density at radius 2 is 1.93 bits per heavy atom. The van der Waals surface area contributed by atoms with E-state index >= 15 is 0 Å². The Balaban J connectivity index is 1.94. The number of aliphatic hydroxyl groups excluding tert-OH is 1. The Labute approximate surface area is 84.1 Å². The summed E-state index contributed by atoms with van der Waals surface area (Å²) in [6.45, 7) is 0. The summed E-state index contributed by atoms with van der Waals surface area (Å²) in [7, 11) is 0. The van der Waals surface area contributed by atoms with Crippen LogP contribution in [0.25, 0.3) is 0 Å². The normalized spacial score (nSPS) is 38.2. The molecule has 3 aliphatic carbocycles. The molecule has 0 radical (unpaired) electrons. The molecular formula is C11H18O3. The third kappa shape index (κ3) is 1.92. The molecule has 3 nitrogen and oxygen atoms in total. The van der Waals surface area contributed by atoms with Crippen molar-refractivity contribution in [3.8, 4) is 0 Å². The Kier molecular flexibility index (Phi) is 2.77. The van der Waals surface area contributed by atoms with Crippen LogP contribution >= 0.6 is 0 Å². The van der Waals surface area contributed by atoms with Gasteiger partial charge < -0.3 is 10.2 Å². The van der Waals surface area contributed by atoms with Crippen LogP contribution in [0.5, 0.6) is 0 Å². The molecule has 0 saturated heterocycles. The second-order valence-corrected chi connectivity index (χ2v) is 4.85. The van der Waals surface area contributed by atoms with Crippen LogP contribution in [0.3, 0.4) is 0 Å². The number of rotatable bonds is 3. The van der Waals surface area contributed by atoms with E-state index in [9.17, 15) is 9.90 Å². The standard InChI is InChI=1S/C11H18O3/c12-10(6-11(13)14)9-5-7-1-3-8(9)4-2-7/h7-10,12H,1-6H2,(H,13,14). The maximum Gasteiger partial charge on any atom is 0.305 e. The van der Waals surface area contributed by atoms with Gasteiger partial charge in [0.05, 0.1) is 12.5 Å². The average Bonchev–Trinajstić information content (AvgIpc) is 2.18. The molecule has 3 saturated carbocycles. The molecule has 0 aliphatic heterocycles. The number of fused-ring (bicyclic) bond motifs is 3. The molecule has 2 unspecified atom stereocenters. The van der Waals surface area contributed by atoms with Crippen LogP contribution in [0, 0.1) is 17.8 Å². The Hall–Kier alpha value is -0.570. The lowest BCUT2D eigenvalue weighted by Crippen LogP contribution is -2.39. The molecular weight excluding hydrogens is 180 g/mol. The Morgan fingerprint density at radius 1 is 1.29 bits per heavy atom. The zero-order valence-electron chi connectivity index (χ0n) is 8.35. The summed E-state index contributed by atoms with van der Waals surface area (Å²) in [5, 5.41) is 18.4. The van der Waals surface area contributed by atoms with Gasteiger partial charge in [0.2, 0.25) is 0 Å². The lowest BCUT2D eigenvalue weighted by Gasteiger charge is -2.44. The van der Waals surface area contributed by atoms with Gasteiger partial charge in [-0.25, -0.2) is 0 Å². The molecule has 2 N–H and O–H groups in total. The van der Waals surface area contributed by atoms with Crippen LogP contribution < -0.4 is 0 Å². The van der Waals surface area contributed by atoms with Gasteiger partial charge in [0, 0.05) is 0 Å². The van der Waals surface area contributed by atoms with Crippen molar-refractivity contribution in [3.63, 3.8) is 0 Å². The monoisotopic (exact) mass is 198 g/mol. The van der Waals surface area contributed by atoms with E-state index in [0.29, 0.717) is 5.92 Å². The van der Waals surface area contributed by atoms with E-state index in [-0.39, 0.29) is 12.3 Å². The molecule has 3 heteroatoms. The topological polar surface area (TPSA) is 57.5 Å². The minimum atomic E-state index is -0.876. The predicted molar refractivity (Wildman–Crippen MR) is 51.8 cm³/mol. The van der Waals surface area contributed by atoms with E-state index in [1.807, 2.05) is 0 Å². The number of carbonyl (C=O) groups is 1. The van der Waals surface area contributed by atoms with Gasteiger partial charge in [0.1, 0.15) is 0 Å². The second kappa shape index (κ2) is 3.89. The number of aliphatic carboxylic acids is 1. The van der Waals surface area contributed by atoms with Crippen molar-refractivity contribution >= 4 is 5.97 Å². The second-order valence-electron chi connectivity index (χ2n) is 4.85. The maximum atomic E-state index is 10.5. The van der Waals surface area contributed by atoms with Gasteiger partial charge in [-0.05, 0) is 37.0 Å². The smallest absolute Gasteiger partial charge is 0.305 e. The van der Waals surface area contributed by atoms with Crippen LogP contribution in [0.15, 0.2) is 0 Å². The van der Waals surface area contributed by atoms with Crippen molar-refractivity contribution in [1.82, 2.24) is 0 Å². The van der Waals surface area contributed by atoms with Crippen molar-refractivity contribution < 1.29 is 15.0 Å². The molecule has 3 aliphatic rings. The molecule has 14 heavy (non-hydrogen) atoms. The van der Waals surface area contributed by atoms with Crippen LogP contribution in [0.2, 0.25) is 0 Å². The molecule has 3 rings (SSSR count). The van der Waals surface area contributed by atoms with Crippen molar-refractivity contribution in [2.24, 2.45) is 17.8 Å². The highest BCUT2D eigenvalue weighted by atomic mass is 16.4. The summed E-state index contributed by atoms with van der Waals surface area (Å²) >= 11 is 0. The van der Waals surface area contributed by atoms with E-state index in [1.165, 1.54) is 25.7 Å². The van der Waals surface area contributed by atoms with Crippen LogP contribution in [0.4, 0.5) is 0 Å². The van der Waals surface area contributed by atoms with Gasteiger partial charge in [0.25, 0.3) is 0 Å². The van der Waals surface area contributed by atoms with Crippen molar-refractivity contribution in [2.75, 3.05) is 0 Å². The maximum absolute atomic E-state index is 10.5. The van der Waals surface area contributed by atoms with Crippen molar-refractivity contribution in [1.29, 1.82) is 0 Å². The summed E-state index contributed by atoms with van der Waals surface area (Å²) in [5.74, 6) is 0.736. The van der Waals surface area contributed by atoms with E-state index in [0.717, 1.165) is 12.3 Å². The molecule has 0 spiro atoms. The molecule has 2 bridgehead atoms. The Morgan fingerprint density at radius 3 is 2.36 bits per heavy atom. The van der Waals surface area contributed by atoms with Gasteiger partial charge in [-0.3, -0.25) is 4.79 Å². The zero-order chi connectivity index (χ0) is 10.1. The molecule has 0 amide bonds. The van der Waals surface area contributed by atoms with E-state index in [2.05, 4.69) is 0 Å². The molecule has 0 aromatic carbocycles. The fraction of sp³-hybridized carbons (Fsp3) is 0.909. The van der Waals surface area contributed by atoms with E-state index in [1.54, 1.807) is 0 Å². The minimum Gasteiger partial charge on any atom is -0.481 e. The van der Waals surface area contributed by atoms with Gasteiger partial charge in [-0.1, -0.05) is 12.8 Å². The third-order valence-electron chi connectivity index (χ3n) is 3.98. The van der Waals surface area contributed by atoms with Crippen LogP contribution in [-0.2, 0) is 4.79 Å². The highest BCUT2D eigenvalue weighted by molar-refractivity contribution is 5.67. The predicted octanol–water partition coefficient (Wildman–Crippen LogP) is 1.65. The minimum absolute atomic E-state index is 0.0755. The molecule has 2 atom stereocenters. The average molecular weight is 198 g/mol. The largest absolute Gasteiger partial charge is 0.481 e. The summed E-state index contributed by atoms with van der Waals surface area (Å²) in [6, 6.07) is 0. The Bertz CT molecular complexity index is 219. The quantitative estimate of drug-likeness (QED) is 0.725. The van der Waals surface area contributed by atoms with Gasteiger partial charge in [0.15, 0.2) is 0 Å². The summed E-state index contributed by atoms with van der Waals surface area (Å²) in [4.78, 5) is 10.5. The first-order valence-electron chi connectivity index (χ1n) is 5.56. The summed E-state index contributed by atoms with van der Waals surface area (Å²) < 4.78 is 0. The third-order valence-corrected chi connectivity index (χ3v) is 3.98. The first-order valence-corrected chi connectivity index (χ1v) is 5.56. The zero-order valence-corrected chi connectivity index (χ0v) is 8.35. The van der Waals surface area contributed by atoms with E-state index in [4.69, 9.17) is 5.11 Å². The van der Waals surface area contributed by atoms with Gasteiger partial charge >= 0.3 is 5.97 Å². The fourth-order valence-electron chi connectivity index (χ4n) is 3.23. The van der Waals surface area contributed by atoms with Crippen LogP contribution in [0.1, 0.15) is 38.5 Å². The van der Waals surface area contributed by atoms with Crippen LogP contribution in [-0.4, -0.2) is 22.3 Å². The highest BCUT2D eigenvalue weighted by Crippen LogP contribution is 2.46. The molecule has 0 aromatic rings. The lowest BCUT2D eigenvalue weighted by molar-refractivity contribution is -0.141. The van der Waals surface area contributed by atoms with Gasteiger partial charge in [-0.15, -0.1) is 0 Å². The first kappa shape index (κ1) is 9.97. The van der Waals surface area contributed by atoms with Gasteiger partial charge in [-0.2, -0.15) is 0 Å². The van der Waals surface area contributed by atoms with E-state index < -0.39 is 12.1 Å². The molecule has 0 heterocycles. The summed E-state index contributed by atoms with van der Waals surface area (Å²) in [5.41, 5.74) is 0. The number of hydrogen-bond acceptors (Lipinski definition) is 2. The number of hydrogen-bond donors (Lipinski definition) is 2. The van der Waals surface area contributed by atoms with Crippen molar-refractivity contribution in [2.45, 2.75) is 44.6 Å². The lowest BCUT2D eigenvalue weighted by atomic mass is 9.63. The number of carboxylic acid groups (broad SMARTS) is 1. The number of aliphatic hydroxyl groups is 1. The molecule has 3 fully saturated rings. The summed E-state index contributed by atoms with van der Waals surface area (Å²) in [6.07, 6.45) is 5.35. The highest BCUT2D eigenvalue weighted by Gasteiger charge is 2.39. The first-order chi connectivity index (χ1) is 6.66. The molecule has 80 valence electrons.